The van der Waals surface area contributed by atoms with Crippen molar-refractivity contribution in [3.8, 4) is 0 Å². The van der Waals surface area contributed by atoms with Crippen molar-refractivity contribution in [2.75, 3.05) is 6.61 Å². The number of aromatic nitrogens is 1. The molecule has 1 aromatic heterocycles. The molecule has 0 aliphatic heterocycles. The summed E-state index contributed by atoms with van der Waals surface area (Å²) in [6.07, 6.45) is 10.2. The van der Waals surface area contributed by atoms with E-state index in [1.165, 1.54) is 36.7 Å². The Morgan fingerprint density at radius 1 is 1.23 bits per heavy atom. The molecule has 2 atom stereocenters. The van der Waals surface area contributed by atoms with Crippen molar-refractivity contribution in [3.05, 3.63) is 29.1 Å². The molecule has 26 heavy (non-hydrogen) atoms. The molecule has 2 aliphatic rings. The number of esters is 1. The zero-order valence-corrected chi connectivity index (χ0v) is 16.1. The van der Waals surface area contributed by atoms with E-state index in [1.54, 1.807) is 6.08 Å². The van der Waals surface area contributed by atoms with Gasteiger partial charge in [-0.2, -0.15) is 0 Å². The van der Waals surface area contributed by atoms with Gasteiger partial charge < -0.3 is 14.6 Å². The summed E-state index contributed by atoms with van der Waals surface area (Å²) in [5.41, 5.74) is 3.43. The molecule has 0 bridgehead atoms. The minimum absolute atomic E-state index is 0.207. The van der Waals surface area contributed by atoms with E-state index in [0.29, 0.717) is 12.0 Å². The molecule has 1 aromatic rings. The minimum Gasteiger partial charge on any atom is -0.452 e. The molecule has 5 heteroatoms. The highest BCUT2D eigenvalue weighted by Crippen LogP contribution is 2.38. The highest BCUT2D eigenvalue weighted by molar-refractivity contribution is 5.89. The molecule has 2 aliphatic carbocycles. The Bertz CT molecular complexity index is 700. The van der Waals surface area contributed by atoms with Crippen LogP contribution in [0, 0.1) is 19.8 Å². The maximum Gasteiger partial charge on any atom is 0.331 e. The van der Waals surface area contributed by atoms with Crippen LogP contribution in [0.15, 0.2) is 12.1 Å². The fourth-order valence-corrected chi connectivity index (χ4v) is 3.99. The van der Waals surface area contributed by atoms with Crippen molar-refractivity contribution in [2.24, 2.45) is 5.92 Å². The second-order valence-corrected chi connectivity index (χ2v) is 7.80. The van der Waals surface area contributed by atoms with Gasteiger partial charge in [0.25, 0.3) is 5.91 Å². The smallest absolute Gasteiger partial charge is 0.331 e. The van der Waals surface area contributed by atoms with Crippen LogP contribution >= 0.6 is 0 Å². The zero-order valence-electron chi connectivity index (χ0n) is 16.1. The lowest BCUT2D eigenvalue weighted by atomic mass is 9.86. The molecule has 0 unspecified atom stereocenters. The molecule has 1 heterocycles. The van der Waals surface area contributed by atoms with Crippen LogP contribution in [0.25, 0.3) is 6.08 Å². The first-order valence-electron chi connectivity index (χ1n) is 9.78. The van der Waals surface area contributed by atoms with Crippen LogP contribution in [0.2, 0.25) is 0 Å². The van der Waals surface area contributed by atoms with Crippen molar-refractivity contribution in [1.82, 2.24) is 9.88 Å². The van der Waals surface area contributed by atoms with Gasteiger partial charge in [0.2, 0.25) is 0 Å². The standard InChI is InChI=1S/C21H30N2O3/c1-14-6-4-5-7-19(14)22-20(24)13-26-21(25)11-8-17-12-15(2)23(16(17)3)18-9-10-18/h8,11-12,14,18-19H,4-7,9-10,13H2,1-3H3,(H,22,24)/b11-8+/t14-,19+/m1/s1. The van der Waals surface area contributed by atoms with Crippen molar-refractivity contribution >= 4 is 18.0 Å². The summed E-state index contributed by atoms with van der Waals surface area (Å²) < 4.78 is 7.43. The molecule has 142 valence electrons. The van der Waals surface area contributed by atoms with Gasteiger partial charge in [0.05, 0.1) is 0 Å². The summed E-state index contributed by atoms with van der Waals surface area (Å²) in [5, 5.41) is 2.99. The largest absolute Gasteiger partial charge is 0.452 e. The molecule has 0 saturated heterocycles. The monoisotopic (exact) mass is 358 g/mol. The van der Waals surface area contributed by atoms with Crippen LogP contribution in [-0.4, -0.2) is 29.1 Å². The normalized spacial score (nSPS) is 23.2. The van der Waals surface area contributed by atoms with Crippen molar-refractivity contribution < 1.29 is 14.3 Å². The minimum atomic E-state index is -0.479. The number of nitrogens with one attached hydrogen (secondary N) is 1. The predicted molar refractivity (Wildman–Crippen MR) is 102 cm³/mol. The number of amides is 1. The van der Waals surface area contributed by atoms with Crippen LogP contribution in [0.3, 0.4) is 0 Å². The number of aryl methyl sites for hydroxylation is 1. The van der Waals surface area contributed by atoms with Gasteiger partial charge in [-0.3, -0.25) is 4.79 Å². The van der Waals surface area contributed by atoms with Gasteiger partial charge in [0.15, 0.2) is 6.61 Å². The number of nitrogens with zero attached hydrogens (tertiary/aromatic N) is 1. The third kappa shape index (κ3) is 4.57. The summed E-state index contributed by atoms with van der Waals surface area (Å²) in [6.45, 7) is 6.12. The van der Waals surface area contributed by atoms with Crippen molar-refractivity contribution in [3.63, 3.8) is 0 Å². The molecule has 0 aromatic carbocycles. The fraction of sp³-hybridized carbons (Fsp3) is 0.619. The molecule has 3 rings (SSSR count). The number of carbonyl (C=O) groups excluding carboxylic acids is 2. The van der Waals surface area contributed by atoms with E-state index in [2.05, 4.69) is 36.7 Å². The van der Waals surface area contributed by atoms with E-state index in [-0.39, 0.29) is 18.6 Å². The second-order valence-electron chi connectivity index (χ2n) is 7.80. The maximum atomic E-state index is 12.0. The van der Waals surface area contributed by atoms with Gasteiger partial charge in [-0.25, -0.2) is 4.79 Å². The van der Waals surface area contributed by atoms with Gasteiger partial charge in [0, 0.05) is 29.5 Å². The van der Waals surface area contributed by atoms with Gasteiger partial charge in [-0.1, -0.05) is 19.8 Å². The predicted octanol–water partition coefficient (Wildman–Crippen LogP) is 3.69. The van der Waals surface area contributed by atoms with Crippen LogP contribution in [-0.2, 0) is 14.3 Å². The third-order valence-corrected chi connectivity index (χ3v) is 5.64. The topological polar surface area (TPSA) is 60.3 Å². The van der Waals surface area contributed by atoms with E-state index < -0.39 is 5.97 Å². The summed E-state index contributed by atoms with van der Waals surface area (Å²) >= 11 is 0. The highest BCUT2D eigenvalue weighted by Gasteiger charge is 2.26. The Hall–Kier alpha value is -2.04. The highest BCUT2D eigenvalue weighted by atomic mass is 16.5. The lowest BCUT2D eigenvalue weighted by molar-refractivity contribution is -0.144. The van der Waals surface area contributed by atoms with E-state index in [0.717, 1.165) is 24.8 Å². The number of ether oxygens (including phenoxy) is 1. The molecular weight excluding hydrogens is 328 g/mol. The van der Waals surface area contributed by atoms with Crippen LogP contribution in [0.4, 0.5) is 0 Å². The van der Waals surface area contributed by atoms with Crippen molar-refractivity contribution in [2.45, 2.75) is 71.4 Å². The van der Waals surface area contributed by atoms with Gasteiger partial charge in [-0.15, -0.1) is 0 Å². The van der Waals surface area contributed by atoms with Crippen LogP contribution in [0.1, 0.15) is 68.4 Å². The first-order valence-corrected chi connectivity index (χ1v) is 9.78. The van der Waals surface area contributed by atoms with E-state index in [4.69, 9.17) is 4.74 Å². The number of hydrogen-bond acceptors (Lipinski definition) is 3. The van der Waals surface area contributed by atoms with Crippen molar-refractivity contribution in [1.29, 1.82) is 0 Å². The molecular formula is C21H30N2O3. The van der Waals surface area contributed by atoms with Gasteiger partial charge in [-0.05, 0) is 63.2 Å². The van der Waals surface area contributed by atoms with Gasteiger partial charge >= 0.3 is 5.97 Å². The Balaban J connectivity index is 1.47. The third-order valence-electron chi connectivity index (χ3n) is 5.64. The van der Waals surface area contributed by atoms with E-state index in [9.17, 15) is 9.59 Å². The van der Waals surface area contributed by atoms with Gasteiger partial charge in [0.1, 0.15) is 0 Å². The zero-order chi connectivity index (χ0) is 18.7. The molecule has 2 saturated carbocycles. The average molecular weight is 358 g/mol. The first-order chi connectivity index (χ1) is 12.5. The second kappa shape index (κ2) is 8.11. The number of carbonyl (C=O) groups is 2. The first kappa shape index (κ1) is 18.7. The SMILES string of the molecule is Cc1cc(/C=C/C(=O)OCC(=O)N[C@H]2CCCC[C@H]2C)c(C)n1C1CC1. The molecule has 0 spiro atoms. The molecule has 2 fully saturated rings. The Morgan fingerprint density at radius 2 is 1.96 bits per heavy atom. The summed E-state index contributed by atoms with van der Waals surface area (Å²) in [5.74, 6) is -0.199. The Morgan fingerprint density at radius 3 is 2.65 bits per heavy atom. The molecule has 0 radical (unpaired) electrons. The molecule has 1 N–H and O–H groups in total. The molecule has 5 nitrogen and oxygen atoms in total. The molecule has 1 amide bonds. The van der Waals surface area contributed by atoms with Crippen LogP contribution in [0.5, 0.6) is 0 Å². The summed E-state index contributed by atoms with van der Waals surface area (Å²) in [4.78, 5) is 23.9. The number of rotatable bonds is 6. The van der Waals surface area contributed by atoms with E-state index >= 15 is 0 Å². The fourth-order valence-electron chi connectivity index (χ4n) is 3.99. The average Bonchev–Trinajstić information content (AvgIpc) is 3.39. The summed E-state index contributed by atoms with van der Waals surface area (Å²) in [6, 6.07) is 2.92. The van der Waals surface area contributed by atoms with E-state index in [1.807, 2.05) is 0 Å². The number of hydrogen-bond donors (Lipinski definition) is 1. The quantitative estimate of drug-likeness (QED) is 0.623. The Labute approximate surface area is 155 Å². The lowest BCUT2D eigenvalue weighted by Crippen LogP contribution is -2.42. The summed E-state index contributed by atoms with van der Waals surface area (Å²) in [7, 11) is 0. The Kier molecular flexibility index (Phi) is 5.84. The van der Waals surface area contributed by atoms with Crippen LogP contribution < -0.4 is 5.32 Å². The lowest BCUT2D eigenvalue weighted by Gasteiger charge is -2.29. The maximum absolute atomic E-state index is 12.0.